The summed E-state index contributed by atoms with van der Waals surface area (Å²) >= 11 is 4.66. The monoisotopic (exact) mass is 378 g/mol. The van der Waals surface area contributed by atoms with Gasteiger partial charge in [0.05, 0.1) is 5.75 Å². The Morgan fingerprint density at radius 2 is 2.09 bits per heavy atom. The van der Waals surface area contributed by atoms with Crippen molar-refractivity contribution in [1.82, 2.24) is 25.0 Å². The number of carbonyl (C=O) groups is 1. The van der Waals surface area contributed by atoms with Gasteiger partial charge in [0.15, 0.2) is 11.2 Å². The van der Waals surface area contributed by atoms with E-state index in [4.69, 9.17) is 0 Å². The molecular formula is C13H11BrN6OS. The van der Waals surface area contributed by atoms with E-state index in [1.807, 2.05) is 24.3 Å². The summed E-state index contributed by atoms with van der Waals surface area (Å²) in [4.78, 5) is 20.3. The van der Waals surface area contributed by atoms with Crippen molar-refractivity contribution in [3.8, 4) is 0 Å². The molecule has 1 amide bonds. The molecule has 2 aromatic heterocycles. The second-order valence-electron chi connectivity index (χ2n) is 4.41. The molecule has 0 aliphatic heterocycles. The van der Waals surface area contributed by atoms with E-state index < -0.39 is 0 Å². The summed E-state index contributed by atoms with van der Waals surface area (Å²) in [6.45, 7) is 0. The maximum atomic E-state index is 12.0. The fraction of sp³-hybridized carbons (Fsp3) is 0.154. The minimum absolute atomic E-state index is 0.108. The molecule has 3 rings (SSSR count). The molecule has 3 aromatic rings. The van der Waals surface area contributed by atoms with Crippen molar-refractivity contribution >= 4 is 50.5 Å². The highest BCUT2D eigenvalue weighted by atomic mass is 79.9. The molecule has 0 spiro atoms. The first-order valence-corrected chi connectivity index (χ1v) is 8.10. The molecule has 1 aromatic carbocycles. The van der Waals surface area contributed by atoms with Crippen LogP contribution in [0.4, 0.5) is 5.69 Å². The highest BCUT2D eigenvalue weighted by molar-refractivity contribution is 9.10. The molecule has 0 aliphatic rings. The van der Waals surface area contributed by atoms with Crippen LogP contribution in [-0.4, -0.2) is 36.6 Å². The number of aromatic nitrogens is 5. The lowest BCUT2D eigenvalue weighted by Gasteiger charge is -2.05. The normalized spacial score (nSPS) is 10.8. The van der Waals surface area contributed by atoms with Gasteiger partial charge in [-0.1, -0.05) is 32.9 Å². The maximum Gasteiger partial charge on any atom is 0.234 e. The fourth-order valence-corrected chi connectivity index (χ4v) is 2.80. The summed E-state index contributed by atoms with van der Waals surface area (Å²) in [7, 11) is 1.76. The van der Waals surface area contributed by atoms with E-state index in [2.05, 4.69) is 41.5 Å². The molecule has 0 saturated heterocycles. The summed E-state index contributed by atoms with van der Waals surface area (Å²) in [6, 6.07) is 7.41. The number of aryl methyl sites for hydroxylation is 1. The number of nitrogens with zero attached hydrogens (tertiary/aromatic N) is 5. The van der Waals surface area contributed by atoms with Gasteiger partial charge in [0.25, 0.3) is 0 Å². The lowest BCUT2D eigenvalue weighted by Crippen LogP contribution is -2.14. The molecule has 22 heavy (non-hydrogen) atoms. The summed E-state index contributed by atoms with van der Waals surface area (Å²) < 4.78 is 2.54. The van der Waals surface area contributed by atoms with Crippen LogP contribution in [0, 0.1) is 0 Å². The van der Waals surface area contributed by atoms with Crippen molar-refractivity contribution in [3.63, 3.8) is 0 Å². The number of nitrogens with one attached hydrogen (secondary N) is 1. The molecule has 1 N–H and O–H groups in total. The Morgan fingerprint density at radius 3 is 2.86 bits per heavy atom. The number of rotatable bonds is 4. The number of fused-ring (bicyclic) bond motifs is 1. The molecule has 0 atom stereocenters. The standard InChI is InChI=1S/C13H11BrN6OS/c1-20-12-11(18-19-20)13(16-7-15-12)22-6-10(21)17-9-4-2-8(14)3-5-9/h2-5,7H,6H2,1H3,(H,17,21). The topological polar surface area (TPSA) is 85.6 Å². The van der Waals surface area contributed by atoms with Crippen LogP contribution in [0.1, 0.15) is 0 Å². The maximum absolute atomic E-state index is 12.0. The second-order valence-corrected chi connectivity index (χ2v) is 6.29. The number of carbonyl (C=O) groups excluding carboxylic acids is 1. The number of hydrogen-bond acceptors (Lipinski definition) is 6. The number of halogens is 1. The molecule has 7 nitrogen and oxygen atoms in total. The Labute approximate surface area is 138 Å². The molecule has 112 valence electrons. The zero-order valence-corrected chi connectivity index (χ0v) is 13.9. The number of anilines is 1. The lowest BCUT2D eigenvalue weighted by atomic mass is 10.3. The van der Waals surface area contributed by atoms with E-state index in [1.165, 1.54) is 18.1 Å². The average molecular weight is 379 g/mol. The van der Waals surface area contributed by atoms with Gasteiger partial charge >= 0.3 is 0 Å². The third-order valence-corrected chi connectivity index (χ3v) is 4.33. The number of hydrogen-bond donors (Lipinski definition) is 1. The van der Waals surface area contributed by atoms with Crippen molar-refractivity contribution in [2.24, 2.45) is 7.05 Å². The van der Waals surface area contributed by atoms with Gasteiger partial charge in [-0.15, -0.1) is 5.10 Å². The Bertz CT molecular complexity index is 819. The van der Waals surface area contributed by atoms with Gasteiger partial charge in [-0.3, -0.25) is 4.79 Å². The highest BCUT2D eigenvalue weighted by Gasteiger charge is 2.12. The fourth-order valence-electron chi connectivity index (χ4n) is 1.80. The van der Waals surface area contributed by atoms with Crippen molar-refractivity contribution in [3.05, 3.63) is 35.1 Å². The minimum Gasteiger partial charge on any atom is -0.325 e. The molecule has 0 aliphatic carbocycles. The van der Waals surface area contributed by atoms with E-state index in [9.17, 15) is 4.79 Å². The van der Waals surface area contributed by atoms with Crippen molar-refractivity contribution in [2.45, 2.75) is 5.03 Å². The lowest BCUT2D eigenvalue weighted by molar-refractivity contribution is -0.113. The van der Waals surface area contributed by atoms with Gasteiger partial charge in [0, 0.05) is 17.2 Å². The van der Waals surface area contributed by atoms with Gasteiger partial charge in [0.1, 0.15) is 11.4 Å². The zero-order chi connectivity index (χ0) is 15.5. The molecular weight excluding hydrogens is 368 g/mol. The SMILES string of the molecule is Cn1nnc2c(SCC(=O)Nc3ccc(Br)cc3)ncnc21. The largest absolute Gasteiger partial charge is 0.325 e. The Kier molecular flexibility index (Phi) is 4.34. The Balaban J connectivity index is 1.66. The number of amides is 1. The zero-order valence-electron chi connectivity index (χ0n) is 11.5. The van der Waals surface area contributed by atoms with E-state index in [0.29, 0.717) is 16.2 Å². The van der Waals surface area contributed by atoms with Gasteiger partial charge in [0.2, 0.25) is 5.91 Å². The first-order valence-electron chi connectivity index (χ1n) is 6.32. The van der Waals surface area contributed by atoms with Crippen LogP contribution in [0.5, 0.6) is 0 Å². The van der Waals surface area contributed by atoms with E-state index >= 15 is 0 Å². The predicted molar refractivity (Wildman–Crippen MR) is 87.6 cm³/mol. The Hall–Kier alpha value is -2.00. The molecule has 0 fully saturated rings. The third kappa shape index (κ3) is 3.25. The summed E-state index contributed by atoms with van der Waals surface area (Å²) in [6.07, 6.45) is 1.45. The van der Waals surface area contributed by atoms with Gasteiger partial charge in [-0.05, 0) is 24.3 Å². The smallest absolute Gasteiger partial charge is 0.234 e. The van der Waals surface area contributed by atoms with E-state index in [0.717, 1.165) is 10.2 Å². The van der Waals surface area contributed by atoms with Gasteiger partial charge in [-0.25, -0.2) is 14.6 Å². The van der Waals surface area contributed by atoms with Gasteiger partial charge in [-0.2, -0.15) is 0 Å². The van der Waals surface area contributed by atoms with Crippen LogP contribution in [0.15, 0.2) is 40.1 Å². The van der Waals surface area contributed by atoms with Crippen molar-refractivity contribution in [2.75, 3.05) is 11.1 Å². The molecule has 0 unspecified atom stereocenters. The molecule has 2 heterocycles. The number of benzene rings is 1. The molecule has 0 saturated carbocycles. The average Bonchev–Trinajstić information content (AvgIpc) is 2.90. The molecule has 0 bridgehead atoms. The summed E-state index contributed by atoms with van der Waals surface area (Å²) in [5.74, 6) is 0.127. The van der Waals surface area contributed by atoms with Gasteiger partial charge < -0.3 is 5.32 Å². The quantitative estimate of drug-likeness (QED) is 0.553. The van der Waals surface area contributed by atoms with Crippen LogP contribution < -0.4 is 5.32 Å². The van der Waals surface area contributed by atoms with Crippen molar-refractivity contribution in [1.29, 1.82) is 0 Å². The second kappa shape index (κ2) is 6.41. The predicted octanol–water partition coefficient (Wildman–Crippen LogP) is 2.25. The summed E-state index contributed by atoms with van der Waals surface area (Å²) in [5, 5.41) is 11.4. The molecule has 9 heteroatoms. The van der Waals surface area contributed by atoms with Crippen LogP contribution in [0.25, 0.3) is 11.2 Å². The van der Waals surface area contributed by atoms with Crippen LogP contribution >= 0.6 is 27.7 Å². The third-order valence-electron chi connectivity index (χ3n) is 2.82. The molecule has 0 radical (unpaired) electrons. The van der Waals surface area contributed by atoms with Crippen molar-refractivity contribution < 1.29 is 4.79 Å². The van der Waals surface area contributed by atoms with Crippen LogP contribution in [0.2, 0.25) is 0 Å². The minimum atomic E-state index is -0.108. The Morgan fingerprint density at radius 1 is 1.32 bits per heavy atom. The highest BCUT2D eigenvalue weighted by Crippen LogP contribution is 2.22. The van der Waals surface area contributed by atoms with Crippen LogP contribution in [-0.2, 0) is 11.8 Å². The first-order chi connectivity index (χ1) is 10.6. The summed E-state index contributed by atoms with van der Waals surface area (Å²) in [5.41, 5.74) is 2.00. The number of thioether (sulfide) groups is 1. The van der Waals surface area contributed by atoms with E-state index in [-0.39, 0.29) is 11.7 Å². The van der Waals surface area contributed by atoms with E-state index in [1.54, 1.807) is 11.7 Å². The van der Waals surface area contributed by atoms with Crippen LogP contribution in [0.3, 0.4) is 0 Å². The first kappa shape index (κ1) is 14.9.